The molecular formula is C22H22FN3O3S2. The molecule has 162 valence electrons. The van der Waals surface area contributed by atoms with Crippen LogP contribution in [-0.4, -0.2) is 36.7 Å². The Hall–Kier alpha value is -2.62. The minimum absolute atomic E-state index is 0.186. The summed E-state index contributed by atoms with van der Waals surface area (Å²) in [5, 5.41) is 4.90. The van der Waals surface area contributed by atoms with E-state index < -0.39 is 10.0 Å². The summed E-state index contributed by atoms with van der Waals surface area (Å²) in [6.07, 6.45) is 1.89. The molecule has 9 heteroatoms. The second kappa shape index (κ2) is 8.86. The Morgan fingerprint density at radius 1 is 1.16 bits per heavy atom. The van der Waals surface area contributed by atoms with Gasteiger partial charge in [-0.2, -0.15) is 4.31 Å². The summed E-state index contributed by atoms with van der Waals surface area (Å²) < 4.78 is 40.3. The van der Waals surface area contributed by atoms with E-state index in [9.17, 15) is 17.6 Å². The average Bonchev–Trinajstić information content (AvgIpc) is 3.22. The summed E-state index contributed by atoms with van der Waals surface area (Å²) in [4.78, 5) is 17.1. The van der Waals surface area contributed by atoms with Crippen molar-refractivity contribution in [3.8, 4) is 11.3 Å². The first-order chi connectivity index (χ1) is 14.8. The molecule has 2 heterocycles. The van der Waals surface area contributed by atoms with Crippen molar-refractivity contribution in [2.24, 2.45) is 5.92 Å². The molecular weight excluding hydrogens is 437 g/mol. The molecule has 0 spiro atoms. The Morgan fingerprint density at radius 2 is 1.87 bits per heavy atom. The van der Waals surface area contributed by atoms with Crippen LogP contribution in [0.4, 0.5) is 9.52 Å². The van der Waals surface area contributed by atoms with Gasteiger partial charge in [-0.15, -0.1) is 11.3 Å². The minimum atomic E-state index is -3.56. The number of piperidine rings is 1. The molecule has 1 atom stereocenters. The van der Waals surface area contributed by atoms with E-state index in [0.717, 1.165) is 18.4 Å². The maximum atomic E-state index is 13.1. The number of benzene rings is 2. The van der Waals surface area contributed by atoms with Gasteiger partial charge in [0.1, 0.15) is 5.82 Å². The molecule has 1 N–H and O–H groups in total. The van der Waals surface area contributed by atoms with Crippen LogP contribution in [0, 0.1) is 11.7 Å². The molecule has 1 saturated heterocycles. The fourth-order valence-electron chi connectivity index (χ4n) is 3.55. The van der Waals surface area contributed by atoms with Crippen molar-refractivity contribution in [2.45, 2.75) is 24.7 Å². The number of sulfonamides is 1. The summed E-state index contributed by atoms with van der Waals surface area (Å²) in [6, 6.07) is 11.9. The zero-order valence-electron chi connectivity index (χ0n) is 16.9. The Labute approximate surface area is 184 Å². The SMILES string of the molecule is CC1CCCN(S(=O)(=O)c2ccc(C(=O)Nc3nc(-c4ccc(F)cc4)cs3)cc2)C1. The highest BCUT2D eigenvalue weighted by molar-refractivity contribution is 7.89. The minimum Gasteiger partial charge on any atom is -0.298 e. The number of hydrogen-bond donors (Lipinski definition) is 1. The largest absolute Gasteiger partial charge is 0.298 e. The van der Waals surface area contributed by atoms with Crippen LogP contribution in [0.25, 0.3) is 11.3 Å². The Kier molecular flexibility index (Phi) is 6.17. The number of nitrogens with one attached hydrogen (secondary N) is 1. The van der Waals surface area contributed by atoms with Gasteiger partial charge in [0.05, 0.1) is 10.6 Å². The van der Waals surface area contributed by atoms with Crippen LogP contribution in [0.2, 0.25) is 0 Å². The lowest BCUT2D eigenvalue weighted by atomic mass is 10.0. The van der Waals surface area contributed by atoms with Crippen molar-refractivity contribution >= 4 is 32.4 Å². The molecule has 4 rings (SSSR count). The highest BCUT2D eigenvalue weighted by Gasteiger charge is 2.28. The van der Waals surface area contributed by atoms with E-state index in [1.165, 1.54) is 52.0 Å². The Morgan fingerprint density at radius 3 is 2.55 bits per heavy atom. The van der Waals surface area contributed by atoms with Crippen LogP contribution >= 0.6 is 11.3 Å². The van der Waals surface area contributed by atoms with Gasteiger partial charge in [-0.05, 0) is 67.3 Å². The van der Waals surface area contributed by atoms with E-state index in [2.05, 4.69) is 17.2 Å². The molecule has 31 heavy (non-hydrogen) atoms. The normalized spacial score (nSPS) is 17.4. The molecule has 6 nitrogen and oxygen atoms in total. The molecule has 1 unspecified atom stereocenters. The van der Waals surface area contributed by atoms with Gasteiger partial charge in [0.15, 0.2) is 5.13 Å². The highest BCUT2D eigenvalue weighted by atomic mass is 32.2. The highest BCUT2D eigenvalue weighted by Crippen LogP contribution is 2.26. The van der Waals surface area contributed by atoms with Crippen LogP contribution in [-0.2, 0) is 10.0 Å². The van der Waals surface area contributed by atoms with Crippen molar-refractivity contribution in [1.29, 1.82) is 0 Å². The van der Waals surface area contributed by atoms with E-state index in [4.69, 9.17) is 0 Å². The van der Waals surface area contributed by atoms with Gasteiger partial charge in [-0.3, -0.25) is 10.1 Å². The molecule has 1 amide bonds. The van der Waals surface area contributed by atoms with Gasteiger partial charge >= 0.3 is 0 Å². The molecule has 0 bridgehead atoms. The third kappa shape index (κ3) is 4.84. The number of halogens is 1. The second-order valence-electron chi connectivity index (χ2n) is 7.63. The van der Waals surface area contributed by atoms with Gasteiger partial charge in [0.2, 0.25) is 10.0 Å². The third-order valence-electron chi connectivity index (χ3n) is 5.24. The topological polar surface area (TPSA) is 79.4 Å². The molecule has 0 saturated carbocycles. The van der Waals surface area contributed by atoms with Gasteiger partial charge < -0.3 is 0 Å². The first kappa shape index (κ1) is 21.6. The zero-order chi connectivity index (χ0) is 22.0. The lowest BCUT2D eigenvalue weighted by molar-refractivity contribution is 0.102. The fraction of sp³-hybridized carbons (Fsp3) is 0.273. The number of anilines is 1. The average molecular weight is 460 g/mol. The number of hydrogen-bond acceptors (Lipinski definition) is 5. The number of amides is 1. The van der Waals surface area contributed by atoms with Gasteiger partial charge in [-0.1, -0.05) is 6.92 Å². The zero-order valence-corrected chi connectivity index (χ0v) is 18.5. The van der Waals surface area contributed by atoms with Gasteiger partial charge in [0.25, 0.3) is 5.91 Å². The van der Waals surface area contributed by atoms with Crippen molar-refractivity contribution in [2.75, 3.05) is 18.4 Å². The standard InChI is InChI=1S/C22H22FN3O3S2/c1-15-3-2-12-26(13-15)31(28,29)19-10-6-17(7-11-19)21(27)25-22-24-20(14-30-22)16-4-8-18(23)9-5-16/h4-11,14-15H,2-3,12-13H2,1H3,(H,24,25,27). The summed E-state index contributed by atoms with van der Waals surface area (Å²) in [6.45, 7) is 3.09. The molecule has 2 aromatic carbocycles. The van der Waals surface area contributed by atoms with Crippen LogP contribution < -0.4 is 5.32 Å². The molecule has 3 aromatic rings. The summed E-state index contributed by atoms with van der Waals surface area (Å²) >= 11 is 1.26. The lowest BCUT2D eigenvalue weighted by Crippen LogP contribution is -2.39. The molecule has 1 aliphatic rings. The van der Waals surface area contributed by atoms with E-state index in [-0.39, 0.29) is 16.6 Å². The summed E-state index contributed by atoms with van der Waals surface area (Å²) in [7, 11) is -3.56. The number of carbonyl (C=O) groups excluding carboxylic acids is 1. The smallest absolute Gasteiger partial charge is 0.257 e. The van der Waals surface area contributed by atoms with Crippen molar-refractivity contribution in [1.82, 2.24) is 9.29 Å². The number of thiazole rings is 1. The van der Waals surface area contributed by atoms with E-state index in [1.807, 2.05) is 0 Å². The number of rotatable bonds is 5. The first-order valence-corrected chi connectivity index (χ1v) is 12.3. The van der Waals surface area contributed by atoms with E-state index >= 15 is 0 Å². The van der Waals surface area contributed by atoms with Crippen molar-refractivity contribution in [3.63, 3.8) is 0 Å². The van der Waals surface area contributed by atoms with Crippen LogP contribution in [0.5, 0.6) is 0 Å². The first-order valence-electron chi connectivity index (χ1n) is 9.96. The van der Waals surface area contributed by atoms with E-state index in [0.29, 0.717) is 35.4 Å². The predicted molar refractivity (Wildman–Crippen MR) is 119 cm³/mol. The Balaban J connectivity index is 1.45. The molecule has 0 aliphatic carbocycles. The fourth-order valence-corrected chi connectivity index (χ4v) is 5.86. The number of aromatic nitrogens is 1. The number of nitrogens with zero attached hydrogens (tertiary/aromatic N) is 2. The molecule has 0 radical (unpaired) electrons. The van der Waals surface area contributed by atoms with Crippen LogP contribution in [0.15, 0.2) is 58.8 Å². The quantitative estimate of drug-likeness (QED) is 0.604. The van der Waals surface area contributed by atoms with Crippen LogP contribution in [0.3, 0.4) is 0 Å². The van der Waals surface area contributed by atoms with Gasteiger partial charge in [-0.25, -0.2) is 17.8 Å². The van der Waals surface area contributed by atoms with Gasteiger partial charge in [0, 0.05) is 29.6 Å². The second-order valence-corrected chi connectivity index (χ2v) is 10.4. The summed E-state index contributed by atoms with van der Waals surface area (Å²) in [5.74, 6) is -0.366. The maximum Gasteiger partial charge on any atom is 0.257 e. The molecule has 1 aromatic heterocycles. The molecule has 1 aliphatic heterocycles. The Bertz CT molecular complexity index is 1180. The lowest BCUT2D eigenvalue weighted by Gasteiger charge is -2.30. The number of carbonyl (C=O) groups is 1. The van der Waals surface area contributed by atoms with Crippen molar-refractivity contribution < 1.29 is 17.6 Å². The molecule has 1 fully saturated rings. The predicted octanol–water partition coefficient (Wildman–Crippen LogP) is 4.62. The van der Waals surface area contributed by atoms with Crippen molar-refractivity contribution in [3.05, 3.63) is 65.3 Å². The summed E-state index contributed by atoms with van der Waals surface area (Å²) in [5.41, 5.74) is 1.72. The van der Waals surface area contributed by atoms with Crippen LogP contribution in [0.1, 0.15) is 30.1 Å². The van der Waals surface area contributed by atoms with E-state index in [1.54, 1.807) is 17.5 Å². The maximum absolute atomic E-state index is 13.1. The third-order valence-corrected chi connectivity index (χ3v) is 7.88. The monoisotopic (exact) mass is 459 g/mol.